The van der Waals surface area contributed by atoms with Gasteiger partial charge >= 0.3 is 0 Å². The van der Waals surface area contributed by atoms with Crippen LogP contribution in [0.15, 0.2) is 0 Å². The molecule has 4 rings (SSSR count). The molecule has 12 heteroatoms. The lowest BCUT2D eigenvalue weighted by Gasteiger charge is -2.40. The molecule has 1 aliphatic heterocycles. The number of hydrogen-bond donors (Lipinski definition) is 6. The molecule has 0 spiro atoms. The van der Waals surface area contributed by atoms with Gasteiger partial charge < -0.3 is 35.8 Å². The van der Waals surface area contributed by atoms with Gasteiger partial charge in [0.2, 0.25) is 0 Å². The van der Waals surface area contributed by atoms with Crippen molar-refractivity contribution < 1.29 is 34.8 Å². The zero-order valence-corrected chi connectivity index (χ0v) is 19.2. The molecule has 1 aromatic rings. The molecule has 2 aliphatic carbocycles. The number of nitrogens with one attached hydrogen (secondary N) is 2. The molecule has 34 heavy (non-hydrogen) atoms. The number of carbonyl (C=O) groups excluding carboxylic acids is 2. The average molecular weight is 482 g/mol. The molecule has 190 valence electrons. The minimum Gasteiger partial charge on any atom is -0.394 e. The number of hydrogen-bond acceptors (Lipinski definition) is 9. The highest BCUT2D eigenvalue weighted by atomic mass is 16.6. The van der Waals surface area contributed by atoms with Crippen LogP contribution < -0.4 is 10.6 Å². The van der Waals surface area contributed by atoms with Gasteiger partial charge in [-0.2, -0.15) is 0 Å². The zero-order chi connectivity index (χ0) is 24.2. The number of aromatic nitrogens is 3. The van der Waals surface area contributed by atoms with Gasteiger partial charge in [-0.15, -0.1) is 5.10 Å². The SMILES string of the molecule is O=C(NC1CCCCC1)c1nnn([C@@H]2O[C@H](CO)[C@@H](O)[C@H](O)[C@H]2O)c1C(=O)NC1CCCCC1. The Bertz CT molecular complexity index is 851. The summed E-state index contributed by atoms with van der Waals surface area (Å²) in [4.78, 5) is 26.5. The van der Waals surface area contributed by atoms with Crippen LogP contribution >= 0.6 is 0 Å². The van der Waals surface area contributed by atoms with Gasteiger partial charge in [0.1, 0.15) is 24.4 Å². The van der Waals surface area contributed by atoms with Crippen LogP contribution in [0.3, 0.4) is 0 Å². The van der Waals surface area contributed by atoms with Crippen LogP contribution in [-0.2, 0) is 4.74 Å². The van der Waals surface area contributed by atoms with Crippen molar-refractivity contribution in [2.24, 2.45) is 0 Å². The van der Waals surface area contributed by atoms with Crippen molar-refractivity contribution in [3.63, 3.8) is 0 Å². The summed E-state index contributed by atoms with van der Waals surface area (Å²) in [5, 5.41) is 54.2. The summed E-state index contributed by atoms with van der Waals surface area (Å²) in [6.07, 6.45) is 2.02. The number of amides is 2. The van der Waals surface area contributed by atoms with Gasteiger partial charge in [-0.3, -0.25) is 9.59 Å². The molecular formula is C22H35N5O7. The summed E-state index contributed by atoms with van der Waals surface area (Å²) >= 11 is 0. The Balaban J connectivity index is 1.63. The Morgan fingerprint density at radius 2 is 1.41 bits per heavy atom. The standard InChI is InChI=1S/C22H35N5O7/c28-11-14-17(29)18(30)19(31)22(34-14)27-16(21(33)24-13-9-5-2-6-10-13)15(25-26-27)20(32)23-12-7-3-1-4-8-12/h12-14,17-19,22,28-31H,1-11H2,(H,23,32)(H,24,33)/t14-,17-,18+,19-,22-/m1/s1. The van der Waals surface area contributed by atoms with Crippen LogP contribution in [0.4, 0.5) is 0 Å². The van der Waals surface area contributed by atoms with E-state index in [1.54, 1.807) is 0 Å². The Morgan fingerprint density at radius 1 is 0.853 bits per heavy atom. The fourth-order valence-corrected chi connectivity index (χ4v) is 5.12. The number of aliphatic hydroxyl groups is 4. The normalized spacial score (nSPS) is 31.2. The number of ether oxygens (including phenoxy) is 1. The van der Waals surface area contributed by atoms with Gasteiger partial charge in [0.25, 0.3) is 11.8 Å². The maximum Gasteiger partial charge on any atom is 0.274 e. The first kappa shape index (κ1) is 25.0. The highest BCUT2D eigenvalue weighted by Crippen LogP contribution is 2.30. The summed E-state index contributed by atoms with van der Waals surface area (Å²) in [5.41, 5.74) is -0.390. The zero-order valence-electron chi connectivity index (χ0n) is 19.2. The van der Waals surface area contributed by atoms with Crippen molar-refractivity contribution >= 4 is 11.8 Å². The van der Waals surface area contributed by atoms with Crippen molar-refractivity contribution in [1.82, 2.24) is 25.6 Å². The minimum atomic E-state index is -1.67. The molecule has 3 aliphatic rings. The lowest BCUT2D eigenvalue weighted by molar-refractivity contribution is -0.254. The Morgan fingerprint density at radius 3 is 1.97 bits per heavy atom. The predicted octanol–water partition coefficient (Wildman–Crippen LogP) is -0.624. The Hall–Kier alpha value is -2.12. The number of rotatable bonds is 6. The quantitative estimate of drug-likeness (QED) is 0.309. The van der Waals surface area contributed by atoms with E-state index in [2.05, 4.69) is 20.9 Å². The monoisotopic (exact) mass is 481 g/mol. The molecule has 2 heterocycles. The smallest absolute Gasteiger partial charge is 0.274 e. The first-order valence-corrected chi connectivity index (χ1v) is 12.3. The van der Waals surface area contributed by atoms with E-state index in [0.717, 1.165) is 68.9 Å². The minimum absolute atomic E-state index is 0.0204. The van der Waals surface area contributed by atoms with Crippen LogP contribution in [0, 0.1) is 0 Å². The molecule has 0 aromatic carbocycles. The number of carbonyl (C=O) groups is 2. The third-order valence-corrected chi connectivity index (χ3v) is 7.11. The lowest BCUT2D eigenvalue weighted by Crippen LogP contribution is -2.57. The maximum absolute atomic E-state index is 13.4. The van der Waals surface area contributed by atoms with Gasteiger partial charge in [-0.1, -0.05) is 43.7 Å². The maximum atomic E-state index is 13.4. The van der Waals surface area contributed by atoms with Gasteiger partial charge in [0, 0.05) is 12.1 Å². The van der Waals surface area contributed by atoms with E-state index in [4.69, 9.17) is 4.74 Å². The second-order valence-corrected chi connectivity index (χ2v) is 9.57. The summed E-state index contributed by atoms with van der Waals surface area (Å²) in [5.74, 6) is -1.13. The van der Waals surface area contributed by atoms with Crippen LogP contribution in [0.5, 0.6) is 0 Å². The third-order valence-electron chi connectivity index (χ3n) is 7.11. The Labute approximate surface area is 197 Å². The molecule has 1 saturated heterocycles. The van der Waals surface area contributed by atoms with Crippen LogP contribution in [0.2, 0.25) is 0 Å². The van der Waals surface area contributed by atoms with Crippen molar-refractivity contribution in [2.45, 2.75) is 107 Å². The molecule has 3 fully saturated rings. The molecule has 2 amide bonds. The topological polar surface area (TPSA) is 179 Å². The molecule has 0 radical (unpaired) electrons. The summed E-state index contributed by atoms with van der Waals surface area (Å²) in [6, 6.07) is -0.0819. The van der Waals surface area contributed by atoms with E-state index in [1.165, 1.54) is 0 Å². The average Bonchev–Trinajstić information content (AvgIpc) is 3.29. The van der Waals surface area contributed by atoms with Crippen molar-refractivity contribution in [3.8, 4) is 0 Å². The number of nitrogens with zero attached hydrogens (tertiary/aromatic N) is 3. The fraction of sp³-hybridized carbons (Fsp3) is 0.818. The van der Waals surface area contributed by atoms with Crippen LogP contribution in [0.25, 0.3) is 0 Å². The van der Waals surface area contributed by atoms with E-state index in [-0.39, 0.29) is 23.5 Å². The first-order chi connectivity index (χ1) is 16.4. The van der Waals surface area contributed by atoms with E-state index < -0.39 is 49.1 Å². The Kier molecular flexibility index (Phi) is 8.14. The fourth-order valence-electron chi connectivity index (χ4n) is 5.12. The predicted molar refractivity (Wildman–Crippen MR) is 118 cm³/mol. The van der Waals surface area contributed by atoms with Crippen LogP contribution in [0.1, 0.15) is 91.4 Å². The molecular weight excluding hydrogens is 446 g/mol. The molecule has 0 unspecified atom stereocenters. The molecule has 2 saturated carbocycles. The highest BCUT2D eigenvalue weighted by Gasteiger charge is 2.46. The van der Waals surface area contributed by atoms with Crippen molar-refractivity contribution in [3.05, 3.63) is 11.4 Å². The molecule has 12 nitrogen and oxygen atoms in total. The van der Waals surface area contributed by atoms with Crippen molar-refractivity contribution in [2.75, 3.05) is 6.61 Å². The molecule has 6 N–H and O–H groups in total. The van der Waals surface area contributed by atoms with E-state index in [0.29, 0.717) is 0 Å². The van der Waals surface area contributed by atoms with E-state index >= 15 is 0 Å². The largest absolute Gasteiger partial charge is 0.394 e. The van der Waals surface area contributed by atoms with E-state index in [9.17, 15) is 30.0 Å². The van der Waals surface area contributed by atoms with Gasteiger partial charge in [0.15, 0.2) is 17.6 Å². The van der Waals surface area contributed by atoms with Gasteiger partial charge in [-0.25, -0.2) is 4.68 Å². The lowest BCUT2D eigenvalue weighted by atomic mass is 9.95. The highest BCUT2D eigenvalue weighted by molar-refractivity contribution is 6.05. The summed E-state index contributed by atoms with van der Waals surface area (Å²) in [7, 11) is 0. The summed E-state index contributed by atoms with van der Waals surface area (Å²) in [6.45, 7) is -0.630. The van der Waals surface area contributed by atoms with Gasteiger partial charge in [-0.05, 0) is 25.7 Å². The summed E-state index contributed by atoms with van der Waals surface area (Å²) < 4.78 is 6.55. The molecule has 5 atom stereocenters. The molecule has 1 aromatic heterocycles. The number of aliphatic hydroxyl groups excluding tert-OH is 4. The third kappa shape index (κ3) is 5.25. The van der Waals surface area contributed by atoms with Gasteiger partial charge in [0.05, 0.1) is 6.61 Å². The van der Waals surface area contributed by atoms with E-state index in [1.807, 2.05) is 0 Å². The molecule has 0 bridgehead atoms. The van der Waals surface area contributed by atoms with Crippen LogP contribution in [-0.4, -0.2) is 90.3 Å². The van der Waals surface area contributed by atoms with Crippen molar-refractivity contribution in [1.29, 1.82) is 0 Å². The second kappa shape index (κ2) is 11.1. The first-order valence-electron chi connectivity index (χ1n) is 12.3. The second-order valence-electron chi connectivity index (χ2n) is 9.57.